The van der Waals surface area contributed by atoms with Gasteiger partial charge in [0, 0.05) is 0 Å². The Morgan fingerprint density at radius 1 is 1.31 bits per heavy atom. The molecule has 0 spiro atoms. The molecule has 1 aromatic rings. The third-order valence-corrected chi connectivity index (χ3v) is 2.50. The lowest BCUT2D eigenvalue weighted by Crippen LogP contribution is -2.05. The fraction of sp³-hybridized carbons (Fsp3) is 0.500. The molecule has 0 aliphatic carbocycles. The van der Waals surface area contributed by atoms with Gasteiger partial charge in [-0.15, -0.1) is 0 Å². The zero-order chi connectivity index (χ0) is 12.0. The highest BCUT2D eigenvalue weighted by Gasteiger charge is 2.03. The van der Waals surface area contributed by atoms with Crippen molar-refractivity contribution in [3.05, 3.63) is 40.1 Å². The summed E-state index contributed by atoms with van der Waals surface area (Å²) in [6.45, 7) is 6.94. The number of unbranched alkanes of at least 4 members (excludes halogenated alkanes) is 1. The molecule has 0 aliphatic heterocycles. The van der Waals surface area contributed by atoms with Gasteiger partial charge in [0.1, 0.15) is 0 Å². The summed E-state index contributed by atoms with van der Waals surface area (Å²) in [5.74, 6) is 0.877. The van der Waals surface area contributed by atoms with E-state index in [2.05, 4.69) is 20.8 Å². The maximum atomic E-state index is 11.7. The van der Waals surface area contributed by atoms with Gasteiger partial charge in [0.15, 0.2) is 5.75 Å². The molecular weight excluding hydrogens is 200 g/mol. The Balaban J connectivity index is 2.93. The molecule has 0 bridgehead atoms. The predicted molar refractivity (Wildman–Crippen MR) is 67.2 cm³/mol. The molecule has 0 radical (unpaired) electrons. The summed E-state index contributed by atoms with van der Waals surface area (Å²) in [5.41, 5.74) is 1.09. The summed E-state index contributed by atoms with van der Waals surface area (Å²) in [4.78, 5) is 11.7. The van der Waals surface area contributed by atoms with Gasteiger partial charge in [-0.05, 0) is 30.0 Å². The highest BCUT2D eigenvalue weighted by atomic mass is 16.5. The lowest BCUT2D eigenvalue weighted by Gasteiger charge is -2.05. The monoisotopic (exact) mass is 220 g/mol. The zero-order valence-corrected chi connectivity index (χ0v) is 10.3. The topological polar surface area (TPSA) is 26.3 Å². The van der Waals surface area contributed by atoms with Gasteiger partial charge in [-0.3, -0.25) is 4.79 Å². The smallest absolute Gasteiger partial charge is 0.220 e. The van der Waals surface area contributed by atoms with Crippen molar-refractivity contribution in [1.29, 1.82) is 0 Å². The quantitative estimate of drug-likeness (QED) is 0.711. The van der Waals surface area contributed by atoms with Gasteiger partial charge < -0.3 is 4.74 Å². The second-order valence-electron chi connectivity index (χ2n) is 4.26. The Bertz CT molecular complexity index is 383. The van der Waals surface area contributed by atoms with Gasteiger partial charge in [-0.25, -0.2) is 0 Å². The van der Waals surface area contributed by atoms with Crippen LogP contribution in [0.15, 0.2) is 29.1 Å². The Morgan fingerprint density at radius 3 is 2.69 bits per heavy atom. The summed E-state index contributed by atoms with van der Waals surface area (Å²) >= 11 is 0. The van der Waals surface area contributed by atoms with Gasteiger partial charge in [-0.1, -0.05) is 39.3 Å². The molecule has 0 heterocycles. The second kappa shape index (κ2) is 6.31. The molecule has 0 atom stereocenters. The minimum atomic E-state index is -0.0389. The fourth-order valence-electron chi connectivity index (χ4n) is 1.40. The third kappa shape index (κ3) is 3.69. The van der Waals surface area contributed by atoms with E-state index in [-0.39, 0.29) is 5.43 Å². The SMILES string of the molecule is CCCCOc1cc(C(C)C)cccc1=O. The molecule has 1 rings (SSSR count). The van der Waals surface area contributed by atoms with E-state index in [1.54, 1.807) is 12.1 Å². The molecule has 0 N–H and O–H groups in total. The van der Waals surface area contributed by atoms with Crippen molar-refractivity contribution in [2.75, 3.05) is 6.61 Å². The normalized spacial score (nSPS) is 10.5. The standard InChI is InChI=1S/C14H20O2/c1-4-5-9-16-14-10-12(11(2)3)7-6-8-13(14)15/h6-8,10-11H,4-5,9H2,1-3H3. The van der Waals surface area contributed by atoms with Gasteiger partial charge in [0.05, 0.1) is 6.61 Å². The number of hydrogen-bond donors (Lipinski definition) is 0. The van der Waals surface area contributed by atoms with Crippen molar-refractivity contribution < 1.29 is 4.74 Å². The number of rotatable bonds is 5. The molecule has 0 saturated carbocycles. The first kappa shape index (κ1) is 12.8. The Hall–Kier alpha value is -1.31. The highest BCUT2D eigenvalue weighted by Crippen LogP contribution is 2.16. The van der Waals surface area contributed by atoms with E-state index in [1.165, 1.54) is 0 Å². The van der Waals surface area contributed by atoms with Crippen LogP contribution in [0.4, 0.5) is 0 Å². The Kier molecular flexibility index (Phi) is 5.03. The van der Waals surface area contributed by atoms with E-state index in [4.69, 9.17) is 4.74 Å². The summed E-state index contributed by atoms with van der Waals surface area (Å²) in [6.07, 6.45) is 2.05. The molecule has 88 valence electrons. The molecule has 2 nitrogen and oxygen atoms in total. The zero-order valence-electron chi connectivity index (χ0n) is 10.3. The van der Waals surface area contributed by atoms with Gasteiger partial charge in [0.25, 0.3) is 0 Å². The van der Waals surface area contributed by atoms with Crippen LogP contribution in [-0.4, -0.2) is 6.61 Å². The van der Waals surface area contributed by atoms with Crippen LogP contribution in [0.1, 0.15) is 45.1 Å². The second-order valence-corrected chi connectivity index (χ2v) is 4.26. The number of hydrogen-bond acceptors (Lipinski definition) is 2. The van der Waals surface area contributed by atoms with Gasteiger partial charge in [0.2, 0.25) is 5.43 Å². The third-order valence-electron chi connectivity index (χ3n) is 2.50. The van der Waals surface area contributed by atoms with Crippen molar-refractivity contribution >= 4 is 0 Å². The van der Waals surface area contributed by atoms with Gasteiger partial charge in [-0.2, -0.15) is 0 Å². The molecule has 16 heavy (non-hydrogen) atoms. The first-order valence-electron chi connectivity index (χ1n) is 5.92. The fourth-order valence-corrected chi connectivity index (χ4v) is 1.40. The first-order valence-corrected chi connectivity index (χ1v) is 5.92. The van der Waals surface area contributed by atoms with E-state index in [0.29, 0.717) is 18.3 Å². The average molecular weight is 220 g/mol. The lowest BCUT2D eigenvalue weighted by molar-refractivity contribution is 0.306. The molecule has 1 aromatic carbocycles. The van der Waals surface area contributed by atoms with Crippen LogP contribution in [0.3, 0.4) is 0 Å². The largest absolute Gasteiger partial charge is 0.489 e. The summed E-state index contributed by atoms with van der Waals surface area (Å²) in [5, 5.41) is 0. The molecule has 0 unspecified atom stereocenters. The Morgan fingerprint density at radius 2 is 2.06 bits per heavy atom. The predicted octanol–water partition coefficient (Wildman–Crippen LogP) is 3.35. The van der Waals surface area contributed by atoms with E-state index < -0.39 is 0 Å². The van der Waals surface area contributed by atoms with Crippen molar-refractivity contribution in [1.82, 2.24) is 0 Å². The van der Waals surface area contributed by atoms with Crippen molar-refractivity contribution in [2.24, 2.45) is 0 Å². The lowest BCUT2D eigenvalue weighted by atomic mass is 10.1. The molecule has 0 amide bonds. The number of ether oxygens (including phenoxy) is 1. The maximum absolute atomic E-state index is 11.7. The summed E-state index contributed by atoms with van der Waals surface area (Å²) in [7, 11) is 0. The van der Waals surface area contributed by atoms with Crippen LogP contribution in [0.5, 0.6) is 5.75 Å². The maximum Gasteiger partial charge on any atom is 0.220 e. The van der Waals surface area contributed by atoms with Crippen LogP contribution < -0.4 is 10.2 Å². The minimum Gasteiger partial charge on any atom is -0.489 e. The molecule has 0 saturated heterocycles. The highest BCUT2D eigenvalue weighted by molar-refractivity contribution is 5.28. The minimum absolute atomic E-state index is 0.0389. The van der Waals surface area contributed by atoms with Crippen LogP contribution in [0.2, 0.25) is 0 Å². The summed E-state index contributed by atoms with van der Waals surface area (Å²) < 4.78 is 5.52. The van der Waals surface area contributed by atoms with Crippen molar-refractivity contribution in [2.45, 2.75) is 39.5 Å². The molecular formula is C14H20O2. The molecule has 0 aromatic heterocycles. The van der Waals surface area contributed by atoms with E-state index in [1.807, 2.05) is 12.1 Å². The van der Waals surface area contributed by atoms with E-state index >= 15 is 0 Å². The average Bonchev–Trinajstić information content (AvgIpc) is 2.42. The van der Waals surface area contributed by atoms with Crippen LogP contribution in [0, 0.1) is 0 Å². The molecule has 2 heteroatoms. The molecule has 0 fully saturated rings. The van der Waals surface area contributed by atoms with Crippen molar-refractivity contribution in [3.8, 4) is 5.75 Å². The van der Waals surface area contributed by atoms with E-state index in [9.17, 15) is 4.79 Å². The Labute approximate surface area is 97.3 Å². The van der Waals surface area contributed by atoms with Gasteiger partial charge >= 0.3 is 0 Å². The van der Waals surface area contributed by atoms with E-state index in [0.717, 1.165) is 18.4 Å². The first-order chi connectivity index (χ1) is 7.65. The van der Waals surface area contributed by atoms with Crippen LogP contribution >= 0.6 is 0 Å². The van der Waals surface area contributed by atoms with Crippen LogP contribution in [-0.2, 0) is 0 Å². The summed E-state index contributed by atoms with van der Waals surface area (Å²) in [6, 6.07) is 7.19. The molecule has 0 aliphatic rings. The van der Waals surface area contributed by atoms with Crippen LogP contribution in [0.25, 0.3) is 0 Å². The van der Waals surface area contributed by atoms with Crippen molar-refractivity contribution in [3.63, 3.8) is 0 Å².